The topological polar surface area (TPSA) is 171 Å². The number of aryl methyl sites for hydroxylation is 1. The number of benzene rings is 1. The second kappa shape index (κ2) is 19.1. The van der Waals surface area contributed by atoms with Crippen molar-refractivity contribution in [1.29, 1.82) is 0 Å². The summed E-state index contributed by atoms with van der Waals surface area (Å²) in [4.78, 5) is 80.9. The average molecular weight is 883 g/mol. The standard InChI is InChI=1S/C46H59N9O7S/c1-9-39(56)52-20-17-31(24-52)55(60)51(7)40(28(3)4)42(57)49-36-22-30-26-63-43(48-30)29-15-16-38-33(21-29)34(41(53(38)10-2)32-13-11-18-47-37(32)25-61-8)23-46(5,6)27-62-45(59)35-14-12-19-54(50-35)44(36)58/h9,11,13,15-16,18,21,26,28,31,35-36,40,50H,1,10,12,14,17,19-20,22-25,27H2,2-8H3/p+1/t31-,35-,36-,40-/m0/s1. The number of hydrazine groups is 2. The quantitative estimate of drug-likeness (QED) is 0.0892. The number of hydrogen-bond donors (Lipinski definition) is 2. The van der Waals surface area contributed by atoms with Crippen molar-refractivity contribution in [3.63, 3.8) is 0 Å². The van der Waals surface area contributed by atoms with Crippen LogP contribution < -0.4 is 10.7 Å². The fourth-order valence-electron chi connectivity index (χ4n) is 9.21. The predicted molar refractivity (Wildman–Crippen MR) is 240 cm³/mol. The van der Waals surface area contributed by atoms with Gasteiger partial charge >= 0.3 is 5.97 Å². The third-order valence-corrected chi connectivity index (χ3v) is 13.3. The van der Waals surface area contributed by atoms with Crippen LogP contribution in [0.1, 0.15) is 70.8 Å². The Bertz CT molecular complexity index is 2390. The predicted octanol–water partition coefficient (Wildman–Crippen LogP) is 5.08. The van der Waals surface area contributed by atoms with E-state index in [9.17, 15) is 24.1 Å². The first kappa shape index (κ1) is 45.5. The number of amides is 3. The van der Waals surface area contributed by atoms with E-state index in [2.05, 4.69) is 66.9 Å². The molecular formula is C46H60N9O7S+. The zero-order chi connectivity index (χ0) is 45.2. The molecule has 16 nitrogen and oxygen atoms in total. The number of carbonyl (C=O) groups excluding carboxylic acids is 4. The van der Waals surface area contributed by atoms with E-state index in [4.69, 9.17) is 19.4 Å². The third kappa shape index (κ3) is 9.55. The minimum Gasteiger partial charge on any atom is -0.464 e. The average Bonchev–Trinajstić information content (AvgIpc) is 4.03. The van der Waals surface area contributed by atoms with Crippen molar-refractivity contribution >= 4 is 45.9 Å². The van der Waals surface area contributed by atoms with E-state index in [1.807, 2.05) is 25.3 Å². The lowest BCUT2D eigenvalue weighted by atomic mass is 9.84. The summed E-state index contributed by atoms with van der Waals surface area (Å²) in [5.41, 5.74) is 9.12. The van der Waals surface area contributed by atoms with Crippen molar-refractivity contribution in [2.75, 3.05) is 40.4 Å². The molecule has 6 heterocycles. The maximum Gasteiger partial charge on any atom is 0.324 e. The number of esters is 1. The molecule has 0 radical (unpaired) electrons. The number of thiazole rings is 1. The highest BCUT2D eigenvalue weighted by molar-refractivity contribution is 7.13. The first-order valence-corrected chi connectivity index (χ1v) is 22.7. The first-order chi connectivity index (χ1) is 30.1. The Morgan fingerprint density at radius 3 is 2.73 bits per heavy atom. The molecule has 0 saturated carbocycles. The zero-order valence-electron chi connectivity index (χ0n) is 37.4. The van der Waals surface area contributed by atoms with Crippen LogP contribution in [-0.2, 0) is 54.6 Å². The SMILES string of the molecule is C=CC(=O)N1CC[C@H]([N+](=O)N(C)[C@H](C(=O)N[C@H]2Cc3csc(n3)-c3ccc4c(c3)c(c(-c3cccnc3COC)n4CC)CC(C)(C)COC(=O)[C@@H]3CCCN(N3)C2=O)C(C)C)C1. The summed E-state index contributed by atoms with van der Waals surface area (Å²) in [6.45, 7) is 15.6. The Labute approximate surface area is 372 Å². The molecule has 0 unspecified atom stereocenters. The van der Waals surface area contributed by atoms with Gasteiger partial charge in [-0.2, -0.15) is 0 Å². The van der Waals surface area contributed by atoms with Crippen molar-refractivity contribution in [2.24, 2.45) is 11.3 Å². The van der Waals surface area contributed by atoms with Gasteiger partial charge in [-0.15, -0.1) is 16.3 Å². The second-order valence-corrected chi connectivity index (χ2v) is 18.8. The van der Waals surface area contributed by atoms with Gasteiger partial charge in [0, 0.05) is 78.6 Å². The summed E-state index contributed by atoms with van der Waals surface area (Å²) in [7, 11) is 3.23. The zero-order valence-corrected chi connectivity index (χ0v) is 38.2. The van der Waals surface area contributed by atoms with Gasteiger partial charge in [0.25, 0.3) is 11.9 Å². The van der Waals surface area contributed by atoms with Crippen LogP contribution in [0.2, 0.25) is 0 Å². The summed E-state index contributed by atoms with van der Waals surface area (Å²) in [5.74, 6) is -1.98. The molecule has 2 N–H and O–H groups in total. The molecule has 336 valence electrons. The minimum absolute atomic E-state index is 0.0621. The van der Waals surface area contributed by atoms with Gasteiger partial charge in [0.05, 0.1) is 48.8 Å². The number of ether oxygens (including phenoxy) is 2. The highest BCUT2D eigenvalue weighted by Crippen LogP contribution is 2.41. The first-order valence-electron chi connectivity index (χ1n) is 21.8. The highest BCUT2D eigenvalue weighted by Gasteiger charge is 2.44. The Morgan fingerprint density at radius 1 is 1.21 bits per heavy atom. The van der Waals surface area contributed by atoms with E-state index < -0.39 is 47.4 Å². The molecule has 17 heteroatoms. The molecule has 2 saturated heterocycles. The van der Waals surface area contributed by atoms with Crippen molar-refractivity contribution < 1.29 is 33.5 Å². The number of carbonyl (C=O) groups is 4. The summed E-state index contributed by atoms with van der Waals surface area (Å²) >= 11 is 1.46. The van der Waals surface area contributed by atoms with E-state index in [0.717, 1.165) is 48.9 Å². The maximum absolute atomic E-state index is 14.6. The van der Waals surface area contributed by atoms with Crippen LogP contribution in [-0.4, -0.2) is 123 Å². The van der Waals surface area contributed by atoms with Crippen LogP contribution >= 0.6 is 11.3 Å². The van der Waals surface area contributed by atoms with Crippen LogP contribution in [0.4, 0.5) is 0 Å². The normalized spacial score (nSPS) is 20.9. The molecule has 4 aromatic rings. The summed E-state index contributed by atoms with van der Waals surface area (Å²) < 4.78 is 14.0. The summed E-state index contributed by atoms with van der Waals surface area (Å²) in [6.07, 6.45) is 5.09. The highest BCUT2D eigenvalue weighted by atomic mass is 32.1. The van der Waals surface area contributed by atoms with Crippen LogP contribution in [0.15, 0.2) is 54.6 Å². The van der Waals surface area contributed by atoms with Crippen LogP contribution in [0.3, 0.4) is 0 Å². The lowest BCUT2D eigenvalue weighted by Gasteiger charge is -2.36. The Kier molecular flexibility index (Phi) is 13.8. The number of hydrogen-bond acceptors (Lipinski definition) is 11. The van der Waals surface area contributed by atoms with E-state index >= 15 is 0 Å². The van der Waals surface area contributed by atoms with Gasteiger partial charge in [-0.3, -0.25) is 29.2 Å². The molecular weight excluding hydrogens is 823 g/mol. The van der Waals surface area contributed by atoms with Gasteiger partial charge in [-0.05, 0) is 74.1 Å². The number of fused-ring (bicyclic) bond motifs is 6. The minimum atomic E-state index is -1.09. The maximum atomic E-state index is 14.6. The lowest BCUT2D eigenvalue weighted by molar-refractivity contribution is -0.732. The second-order valence-electron chi connectivity index (χ2n) is 17.9. The molecule has 3 amide bonds. The Hall–Kier alpha value is -5.52. The Morgan fingerprint density at radius 2 is 2.00 bits per heavy atom. The fraction of sp³-hybridized carbons (Fsp3) is 0.522. The van der Waals surface area contributed by atoms with Gasteiger partial charge < -0.3 is 24.3 Å². The molecule has 3 aromatic heterocycles. The molecule has 1 aromatic carbocycles. The van der Waals surface area contributed by atoms with E-state index in [1.165, 1.54) is 27.4 Å². The summed E-state index contributed by atoms with van der Waals surface area (Å²) in [6, 6.07) is 6.99. The van der Waals surface area contributed by atoms with E-state index in [-0.39, 0.29) is 31.4 Å². The van der Waals surface area contributed by atoms with Crippen molar-refractivity contribution in [3.8, 4) is 21.8 Å². The van der Waals surface area contributed by atoms with Crippen molar-refractivity contribution in [2.45, 2.75) is 104 Å². The summed E-state index contributed by atoms with van der Waals surface area (Å²) in [5, 5.41) is 9.48. The molecule has 2 fully saturated rings. The number of nitrogens with one attached hydrogen (secondary N) is 2. The third-order valence-electron chi connectivity index (χ3n) is 12.3. The van der Waals surface area contributed by atoms with Gasteiger partial charge in [-0.1, -0.05) is 34.3 Å². The number of nitrogens with zero attached hydrogens (tertiary/aromatic N) is 7. The molecule has 7 rings (SSSR count). The van der Waals surface area contributed by atoms with Crippen molar-refractivity contribution in [1.82, 2.24) is 40.2 Å². The molecule has 6 bridgehead atoms. The number of pyridine rings is 1. The van der Waals surface area contributed by atoms with Gasteiger partial charge in [-0.25, -0.2) is 10.4 Å². The van der Waals surface area contributed by atoms with Gasteiger partial charge in [0.1, 0.15) is 22.0 Å². The molecule has 0 aliphatic carbocycles. The molecule has 0 spiro atoms. The number of aromatic nitrogens is 3. The van der Waals surface area contributed by atoms with Crippen molar-refractivity contribution in [3.05, 3.63) is 76.4 Å². The smallest absolute Gasteiger partial charge is 0.324 e. The number of methoxy groups -OCH3 is 1. The van der Waals surface area contributed by atoms with Crippen LogP contribution in [0.25, 0.3) is 32.7 Å². The van der Waals surface area contributed by atoms with Gasteiger partial charge in [0.15, 0.2) is 6.04 Å². The molecule has 3 aliphatic rings. The lowest BCUT2D eigenvalue weighted by Crippen LogP contribution is -2.62. The Balaban J connectivity index is 1.26. The monoisotopic (exact) mass is 882 g/mol. The molecule has 63 heavy (non-hydrogen) atoms. The van der Waals surface area contributed by atoms with E-state index in [1.54, 1.807) is 25.3 Å². The number of nitroso groups, excluding NO2 is 1. The number of likely N-dealkylation sites (tertiary alicyclic amines) is 1. The number of likely N-dealkylation sites (N-methyl/N-ethyl adjacent to an activating group) is 1. The largest absolute Gasteiger partial charge is 0.464 e. The van der Waals surface area contributed by atoms with Crippen LogP contribution in [0, 0.1) is 16.2 Å². The van der Waals surface area contributed by atoms with Gasteiger partial charge in [0.2, 0.25) is 11.8 Å². The van der Waals surface area contributed by atoms with Crippen LogP contribution in [0.5, 0.6) is 0 Å². The number of rotatable bonds is 11. The fourth-order valence-corrected chi connectivity index (χ4v) is 10.0. The molecule has 4 atom stereocenters. The van der Waals surface area contributed by atoms with E-state index in [0.29, 0.717) is 57.6 Å². The molecule has 3 aliphatic heterocycles. The number of cyclic esters (lactones) is 1.